The van der Waals surface area contributed by atoms with E-state index in [4.69, 9.17) is 0 Å². The van der Waals surface area contributed by atoms with Crippen LogP contribution in [0.3, 0.4) is 0 Å². The van der Waals surface area contributed by atoms with E-state index in [0.717, 1.165) is 13.0 Å². The Balaban J connectivity index is 2.46. The number of hydrogen-bond acceptors (Lipinski definition) is 2. The number of carbonyl (C=O) groups is 1. The molecule has 1 rings (SSSR count). The summed E-state index contributed by atoms with van der Waals surface area (Å²) in [5.74, 6) is 0.602. The highest BCUT2D eigenvalue weighted by Crippen LogP contribution is 2.13. The highest BCUT2D eigenvalue weighted by Gasteiger charge is 2.27. The van der Waals surface area contributed by atoms with Crippen molar-refractivity contribution in [1.29, 1.82) is 0 Å². The van der Waals surface area contributed by atoms with Crippen LogP contribution in [0, 0.1) is 5.92 Å². The molecule has 1 amide bonds. The quantitative estimate of drug-likeness (QED) is 0.529. The highest BCUT2D eigenvalue weighted by molar-refractivity contribution is 5.82. The second-order valence-electron chi connectivity index (χ2n) is 2.81. The minimum Gasteiger partial charge on any atom is -0.358 e. The van der Waals surface area contributed by atoms with Crippen LogP contribution in [0.5, 0.6) is 0 Å². The van der Waals surface area contributed by atoms with Gasteiger partial charge in [0.05, 0.1) is 6.04 Å². The maximum absolute atomic E-state index is 11.1. The largest absolute Gasteiger partial charge is 0.358 e. The standard InChI is InChI=1S/C7H14N2O/c1-5-3-4-9-6(5)7(10)8-2/h5-6,9H,3-4H2,1-2H3,(H,8,10). The molecule has 3 nitrogen and oxygen atoms in total. The molecule has 0 spiro atoms. The van der Waals surface area contributed by atoms with Crippen LogP contribution < -0.4 is 10.6 Å². The molecule has 3 heteroatoms. The van der Waals surface area contributed by atoms with Gasteiger partial charge < -0.3 is 10.6 Å². The molecule has 2 unspecified atom stereocenters. The minimum atomic E-state index is 0.0463. The molecule has 0 aromatic heterocycles. The van der Waals surface area contributed by atoms with Gasteiger partial charge in [-0.3, -0.25) is 4.79 Å². The highest BCUT2D eigenvalue weighted by atomic mass is 16.2. The summed E-state index contributed by atoms with van der Waals surface area (Å²) in [6, 6.07) is 0.0463. The Morgan fingerprint density at radius 2 is 2.40 bits per heavy atom. The second kappa shape index (κ2) is 3.01. The van der Waals surface area contributed by atoms with Crippen LogP contribution in [0.1, 0.15) is 13.3 Å². The predicted octanol–water partition coefficient (Wildman–Crippen LogP) is -0.270. The van der Waals surface area contributed by atoms with Crippen molar-refractivity contribution in [2.24, 2.45) is 5.92 Å². The topological polar surface area (TPSA) is 41.1 Å². The maximum atomic E-state index is 11.1. The Hall–Kier alpha value is -0.570. The van der Waals surface area contributed by atoms with Crippen LogP contribution in [0.15, 0.2) is 0 Å². The van der Waals surface area contributed by atoms with Crippen molar-refractivity contribution in [1.82, 2.24) is 10.6 Å². The number of likely N-dealkylation sites (N-methyl/N-ethyl adjacent to an activating group) is 1. The lowest BCUT2D eigenvalue weighted by molar-refractivity contribution is -0.123. The van der Waals surface area contributed by atoms with E-state index < -0.39 is 0 Å². The third-order valence-electron chi connectivity index (χ3n) is 2.06. The molecular weight excluding hydrogens is 128 g/mol. The molecule has 1 heterocycles. The van der Waals surface area contributed by atoms with Gasteiger partial charge in [0.25, 0.3) is 0 Å². The molecule has 1 saturated heterocycles. The van der Waals surface area contributed by atoms with Crippen LogP contribution in [-0.4, -0.2) is 25.5 Å². The van der Waals surface area contributed by atoms with Gasteiger partial charge in [0, 0.05) is 7.05 Å². The monoisotopic (exact) mass is 142 g/mol. The molecule has 58 valence electrons. The van der Waals surface area contributed by atoms with Gasteiger partial charge in [0.1, 0.15) is 0 Å². The molecule has 0 bridgehead atoms. The van der Waals surface area contributed by atoms with E-state index >= 15 is 0 Å². The first-order valence-electron chi connectivity index (χ1n) is 3.70. The average molecular weight is 142 g/mol. The molecule has 2 N–H and O–H groups in total. The lowest BCUT2D eigenvalue weighted by atomic mass is 10.0. The first-order valence-corrected chi connectivity index (χ1v) is 3.70. The van der Waals surface area contributed by atoms with Gasteiger partial charge in [-0.1, -0.05) is 6.92 Å². The van der Waals surface area contributed by atoms with E-state index in [9.17, 15) is 4.79 Å². The predicted molar refractivity (Wildman–Crippen MR) is 39.6 cm³/mol. The molecule has 1 aliphatic heterocycles. The SMILES string of the molecule is CNC(=O)C1NCCC1C. The van der Waals surface area contributed by atoms with E-state index in [1.54, 1.807) is 7.05 Å². The Morgan fingerprint density at radius 3 is 2.80 bits per heavy atom. The number of rotatable bonds is 1. The Labute approximate surface area is 61.2 Å². The van der Waals surface area contributed by atoms with Crippen molar-refractivity contribution in [2.75, 3.05) is 13.6 Å². The summed E-state index contributed by atoms with van der Waals surface area (Å²) >= 11 is 0. The Kier molecular flexibility index (Phi) is 2.27. The zero-order chi connectivity index (χ0) is 7.56. The smallest absolute Gasteiger partial charge is 0.237 e. The Morgan fingerprint density at radius 1 is 1.70 bits per heavy atom. The fourth-order valence-corrected chi connectivity index (χ4v) is 1.34. The summed E-state index contributed by atoms with van der Waals surface area (Å²) in [6.07, 6.45) is 1.11. The molecule has 0 radical (unpaired) electrons. The van der Waals surface area contributed by atoms with Gasteiger partial charge in [-0.2, -0.15) is 0 Å². The van der Waals surface area contributed by atoms with Crippen LogP contribution in [0.4, 0.5) is 0 Å². The summed E-state index contributed by atoms with van der Waals surface area (Å²) in [6.45, 7) is 3.07. The van der Waals surface area contributed by atoms with Crippen LogP contribution in [0.25, 0.3) is 0 Å². The van der Waals surface area contributed by atoms with Gasteiger partial charge in [-0.15, -0.1) is 0 Å². The third kappa shape index (κ3) is 1.29. The fourth-order valence-electron chi connectivity index (χ4n) is 1.34. The first-order chi connectivity index (χ1) is 4.75. The zero-order valence-electron chi connectivity index (χ0n) is 6.48. The maximum Gasteiger partial charge on any atom is 0.237 e. The van der Waals surface area contributed by atoms with Crippen molar-refractivity contribution in [3.8, 4) is 0 Å². The molecule has 0 aromatic rings. The number of amides is 1. The van der Waals surface area contributed by atoms with Crippen molar-refractivity contribution >= 4 is 5.91 Å². The van der Waals surface area contributed by atoms with Crippen molar-refractivity contribution in [3.63, 3.8) is 0 Å². The molecule has 0 saturated carbocycles. The van der Waals surface area contributed by atoms with Gasteiger partial charge in [-0.05, 0) is 18.9 Å². The summed E-state index contributed by atoms with van der Waals surface area (Å²) in [5, 5.41) is 5.78. The number of carbonyl (C=O) groups excluding carboxylic acids is 1. The van der Waals surface area contributed by atoms with E-state index in [2.05, 4.69) is 17.6 Å². The van der Waals surface area contributed by atoms with E-state index in [1.165, 1.54) is 0 Å². The van der Waals surface area contributed by atoms with Gasteiger partial charge in [0.2, 0.25) is 5.91 Å². The van der Waals surface area contributed by atoms with E-state index in [1.807, 2.05) is 0 Å². The number of nitrogens with one attached hydrogen (secondary N) is 2. The van der Waals surface area contributed by atoms with Crippen molar-refractivity contribution in [3.05, 3.63) is 0 Å². The normalized spacial score (nSPS) is 32.2. The molecule has 0 aromatic carbocycles. The van der Waals surface area contributed by atoms with Crippen molar-refractivity contribution < 1.29 is 4.79 Å². The lowest BCUT2D eigenvalue weighted by Crippen LogP contribution is -2.41. The molecule has 0 aliphatic carbocycles. The van der Waals surface area contributed by atoms with E-state index in [0.29, 0.717) is 5.92 Å². The van der Waals surface area contributed by atoms with E-state index in [-0.39, 0.29) is 11.9 Å². The summed E-state index contributed by atoms with van der Waals surface area (Å²) in [7, 11) is 1.68. The van der Waals surface area contributed by atoms with Gasteiger partial charge >= 0.3 is 0 Å². The fraction of sp³-hybridized carbons (Fsp3) is 0.857. The second-order valence-corrected chi connectivity index (χ2v) is 2.81. The summed E-state index contributed by atoms with van der Waals surface area (Å²) in [5.41, 5.74) is 0. The summed E-state index contributed by atoms with van der Waals surface area (Å²) in [4.78, 5) is 11.1. The summed E-state index contributed by atoms with van der Waals surface area (Å²) < 4.78 is 0. The van der Waals surface area contributed by atoms with Gasteiger partial charge in [-0.25, -0.2) is 0 Å². The molecule has 10 heavy (non-hydrogen) atoms. The first kappa shape index (κ1) is 7.54. The Bertz CT molecular complexity index is 136. The van der Waals surface area contributed by atoms with Gasteiger partial charge in [0.15, 0.2) is 0 Å². The molecular formula is C7H14N2O. The van der Waals surface area contributed by atoms with Crippen LogP contribution >= 0.6 is 0 Å². The van der Waals surface area contributed by atoms with Crippen LogP contribution in [0.2, 0.25) is 0 Å². The van der Waals surface area contributed by atoms with Crippen LogP contribution in [-0.2, 0) is 4.79 Å². The molecule has 1 aliphatic rings. The molecule has 2 atom stereocenters. The lowest BCUT2D eigenvalue weighted by Gasteiger charge is -2.12. The zero-order valence-corrected chi connectivity index (χ0v) is 6.48. The minimum absolute atomic E-state index is 0.0463. The molecule has 1 fully saturated rings. The average Bonchev–Trinajstić information content (AvgIpc) is 2.34. The number of hydrogen-bond donors (Lipinski definition) is 2. The third-order valence-corrected chi connectivity index (χ3v) is 2.06. The van der Waals surface area contributed by atoms with Crippen molar-refractivity contribution in [2.45, 2.75) is 19.4 Å².